The Morgan fingerprint density at radius 3 is 2.48 bits per heavy atom. The van der Waals surface area contributed by atoms with Crippen molar-refractivity contribution in [1.29, 1.82) is 0 Å². The van der Waals surface area contributed by atoms with Crippen LogP contribution in [0.25, 0.3) is 0 Å². The summed E-state index contributed by atoms with van der Waals surface area (Å²) in [5.74, 6) is 0.997. The zero-order valence-corrected chi connectivity index (χ0v) is 17.7. The third-order valence-electron chi connectivity index (χ3n) is 6.03. The van der Waals surface area contributed by atoms with Crippen LogP contribution >= 0.6 is 23.2 Å². The molecule has 0 atom stereocenters. The van der Waals surface area contributed by atoms with E-state index < -0.39 is 0 Å². The van der Waals surface area contributed by atoms with E-state index in [4.69, 9.17) is 23.2 Å². The number of halogens is 2. The third kappa shape index (κ3) is 5.75. The Hall–Kier alpha value is -0.970. The topological polar surface area (TPSA) is 35.6 Å². The molecule has 2 fully saturated rings. The maximum Gasteiger partial charge on any atom is 0.219 e. The SMILES string of the molecule is CCC(=O)NC1CCC(CCN2CCN(c3cccc(Cl)c3Cl)CC2)CC1. The molecule has 1 aliphatic heterocycles. The fourth-order valence-electron chi connectivity index (χ4n) is 4.24. The second kappa shape index (κ2) is 9.99. The maximum absolute atomic E-state index is 11.5. The number of rotatable bonds is 6. The first-order valence-corrected chi connectivity index (χ1v) is 11.0. The minimum Gasteiger partial charge on any atom is -0.368 e. The van der Waals surface area contributed by atoms with E-state index in [0.717, 1.165) is 50.6 Å². The maximum atomic E-state index is 11.5. The predicted molar refractivity (Wildman–Crippen MR) is 114 cm³/mol. The van der Waals surface area contributed by atoms with Gasteiger partial charge in [0.25, 0.3) is 0 Å². The first-order chi connectivity index (χ1) is 13.1. The van der Waals surface area contributed by atoms with Crippen LogP contribution in [-0.2, 0) is 4.79 Å². The smallest absolute Gasteiger partial charge is 0.219 e. The van der Waals surface area contributed by atoms with Crippen molar-refractivity contribution < 1.29 is 4.79 Å². The molecule has 3 rings (SSSR count). The number of carbonyl (C=O) groups is 1. The van der Waals surface area contributed by atoms with Crippen LogP contribution in [0, 0.1) is 5.92 Å². The van der Waals surface area contributed by atoms with E-state index in [9.17, 15) is 4.79 Å². The van der Waals surface area contributed by atoms with Crippen LogP contribution in [-0.4, -0.2) is 49.6 Å². The van der Waals surface area contributed by atoms with Gasteiger partial charge in [0.05, 0.1) is 15.7 Å². The van der Waals surface area contributed by atoms with Gasteiger partial charge >= 0.3 is 0 Å². The number of nitrogens with one attached hydrogen (secondary N) is 1. The van der Waals surface area contributed by atoms with E-state index >= 15 is 0 Å². The summed E-state index contributed by atoms with van der Waals surface area (Å²) in [5.41, 5.74) is 1.05. The Morgan fingerprint density at radius 2 is 1.81 bits per heavy atom. The van der Waals surface area contributed by atoms with Gasteiger partial charge in [0.2, 0.25) is 5.91 Å². The zero-order chi connectivity index (χ0) is 19.2. The Morgan fingerprint density at radius 1 is 1.11 bits per heavy atom. The van der Waals surface area contributed by atoms with Crippen molar-refractivity contribution in [3.63, 3.8) is 0 Å². The van der Waals surface area contributed by atoms with E-state index in [-0.39, 0.29) is 5.91 Å². The van der Waals surface area contributed by atoms with E-state index in [1.165, 1.54) is 25.8 Å². The summed E-state index contributed by atoms with van der Waals surface area (Å²) in [6, 6.07) is 6.26. The van der Waals surface area contributed by atoms with Crippen molar-refractivity contribution in [2.45, 2.75) is 51.5 Å². The van der Waals surface area contributed by atoms with Gasteiger partial charge in [-0.05, 0) is 56.7 Å². The highest BCUT2D eigenvalue weighted by atomic mass is 35.5. The summed E-state index contributed by atoms with van der Waals surface area (Å²) in [7, 11) is 0. The minimum absolute atomic E-state index is 0.191. The van der Waals surface area contributed by atoms with Gasteiger partial charge in [-0.2, -0.15) is 0 Å². The molecule has 150 valence electrons. The van der Waals surface area contributed by atoms with Crippen LogP contribution in [0.15, 0.2) is 18.2 Å². The molecular formula is C21H31Cl2N3O. The van der Waals surface area contributed by atoms with Gasteiger partial charge in [-0.3, -0.25) is 9.69 Å². The fourth-order valence-corrected chi connectivity index (χ4v) is 4.65. The largest absolute Gasteiger partial charge is 0.368 e. The van der Waals surface area contributed by atoms with E-state index in [1.54, 1.807) is 0 Å². The highest BCUT2D eigenvalue weighted by Crippen LogP contribution is 2.33. The van der Waals surface area contributed by atoms with Crippen LogP contribution in [0.3, 0.4) is 0 Å². The standard InChI is InChI=1S/C21H31Cl2N3O/c1-2-20(27)24-17-8-6-16(7-9-17)10-11-25-12-14-26(15-13-25)19-5-3-4-18(22)21(19)23/h3-5,16-17H,2,6-15H2,1H3,(H,24,27). The van der Waals surface area contributed by atoms with Crippen LogP contribution < -0.4 is 10.2 Å². The molecular weight excluding hydrogens is 381 g/mol. The van der Waals surface area contributed by atoms with Crippen molar-refractivity contribution in [2.24, 2.45) is 5.92 Å². The molecule has 1 aliphatic carbocycles. The van der Waals surface area contributed by atoms with Gasteiger partial charge < -0.3 is 10.2 Å². The van der Waals surface area contributed by atoms with Crippen molar-refractivity contribution in [1.82, 2.24) is 10.2 Å². The van der Waals surface area contributed by atoms with Crippen LogP contribution in [0.4, 0.5) is 5.69 Å². The molecule has 6 heteroatoms. The minimum atomic E-state index is 0.191. The first-order valence-electron chi connectivity index (χ1n) is 10.3. The highest BCUT2D eigenvalue weighted by molar-refractivity contribution is 6.43. The molecule has 0 unspecified atom stereocenters. The first kappa shape index (κ1) is 20.8. The van der Waals surface area contributed by atoms with Crippen molar-refractivity contribution in [3.05, 3.63) is 28.2 Å². The normalized spacial score (nSPS) is 24.0. The molecule has 0 aromatic heterocycles. The average molecular weight is 412 g/mol. The van der Waals surface area contributed by atoms with E-state index in [1.807, 2.05) is 19.1 Å². The van der Waals surface area contributed by atoms with Gasteiger partial charge in [-0.1, -0.05) is 36.2 Å². The lowest BCUT2D eigenvalue weighted by Crippen LogP contribution is -2.47. The van der Waals surface area contributed by atoms with Gasteiger partial charge in [0.15, 0.2) is 0 Å². The molecule has 1 aromatic carbocycles. The molecule has 27 heavy (non-hydrogen) atoms. The monoisotopic (exact) mass is 411 g/mol. The lowest BCUT2D eigenvalue weighted by Gasteiger charge is -2.37. The molecule has 1 N–H and O–H groups in total. The number of piperazine rings is 1. The number of carbonyl (C=O) groups excluding carboxylic acids is 1. The summed E-state index contributed by atoms with van der Waals surface area (Å²) in [5, 5.41) is 4.44. The van der Waals surface area contributed by atoms with Gasteiger partial charge in [-0.25, -0.2) is 0 Å². The van der Waals surface area contributed by atoms with Crippen molar-refractivity contribution in [3.8, 4) is 0 Å². The third-order valence-corrected chi connectivity index (χ3v) is 6.84. The molecule has 0 spiro atoms. The number of anilines is 1. The number of nitrogens with zero attached hydrogens (tertiary/aromatic N) is 2. The summed E-state index contributed by atoms with van der Waals surface area (Å²) in [6.07, 6.45) is 6.62. The predicted octanol–water partition coefficient (Wildman–Crippen LogP) is 4.59. The molecule has 0 bridgehead atoms. The molecule has 4 nitrogen and oxygen atoms in total. The molecule has 1 amide bonds. The molecule has 1 aromatic rings. The quantitative estimate of drug-likeness (QED) is 0.743. The number of amides is 1. The van der Waals surface area contributed by atoms with E-state index in [2.05, 4.69) is 21.2 Å². The lowest BCUT2D eigenvalue weighted by molar-refractivity contribution is -0.121. The Labute approximate surface area is 173 Å². The average Bonchev–Trinajstić information content (AvgIpc) is 2.70. The van der Waals surface area contributed by atoms with Crippen LogP contribution in [0.2, 0.25) is 10.0 Å². The number of benzene rings is 1. The lowest BCUT2D eigenvalue weighted by atomic mass is 9.84. The highest BCUT2D eigenvalue weighted by Gasteiger charge is 2.24. The molecule has 0 radical (unpaired) electrons. The zero-order valence-electron chi connectivity index (χ0n) is 16.2. The molecule has 1 saturated carbocycles. The molecule has 2 aliphatic rings. The van der Waals surface area contributed by atoms with Gasteiger partial charge in [0.1, 0.15) is 0 Å². The Bertz CT molecular complexity index is 624. The number of hydrogen-bond acceptors (Lipinski definition) is 3. The summed E-state index contributed by atoms with van der Waals surface area (Å²) >= 11 is 12.5. The summed E-state index contributed by atoms with van der Waals surface area (Å²) in [6.45, 7) is 7.23. The molecule has 1 heterocycles. The number of hydrogen-bond donors (Lipinski definition) is 1. The summed E-state index contributed by atoms with van der Waals surface area (Å²) in [4.78, 5) is 16.4. The van der Waals surface area contributed by atoms with Crippen LogP contribution in [0.5, 0.6) is 0 Å². The van der Waals surface area contributed by atoms with Crippen molar-refractivity contribution >= 4 is 34.8 Å². The van der Waals surface area contributed by atoms with Gasteiger partial charge in [0, 0.05) is 38.6 Å². The Kier molecular flexibility index (Phi) is 7.68. The van der Waals surface area contributed by atoms with E-state index in [0.29, 0.717) is 22.5 Å². The van der Waals surface area contributed by atoms with Crippen LogP contribution in [0.1, 0.15) is 45.4 Å². The Balaban J connectivity index is 1.37. The second-order valence-corrected chi connectivity index (χ2v) is 8.61. The molecule has 1 saturated heterocycles. The fraction of sp³-hybridized carbons (Fsp3) is 0.667. The second-order valence-electron chi connectivity index (χ2n) is 7.83. The van der Waals surface area contributed by atoms with Gasteiger partial charge in [-0.15, -0.1) is 0 Å². The summed E-state index contributed by atoms with van der Waals surface area (Å²) < 4.78 is 0. The van der Waals surface area contributed by atoms with Crippen molar-refractivity contribution in [2.75, 3.05) is 37.6 Å².